The lowest BCUT2D eigenvalue weighted by Gasteiger charge is -2.15. The van der Waals surface area contributed by atoms with Crippen molar-refractivity contribution in [3.05, 3.63) is 63.6 Å². The van der Waals surface area contributed by atoms with Crippen LogP contribution >= 0.6 is 15.9 Å². The monoisotopic (exact) mass is 351 g/mol. The van der Waals surface area contributed by atoms with Crippen molar-refractivity contribution in [3.8, 4) is 0 Å². The summed E-state index contributed by atoms with van der Waals surface area (Å²) in [6.07, 6.45) is 0. The zero-order valence-corrected chi connectivity index (χ0v) is 14.0. The third kappa shape index (κ3) is 3.78. The number of hydrogen-bond donors (Lipinski definition) is 1. The van der Waals surface area contributed by atoms with Gasteiger partial charge in [-0.25, -0.2) is 0 Å². The molecular weight excluding hydrogens is 334 g/mol. The molecule has 2 N–H and O–H groups in total. The third-order valence-corrected chi connectivity index (χ3v) is 5.23. The third-order valence-electron chi connectivity index (χ3n) is 3.24. The first-order valence-corrected chi connectivity index (χ1v) is 8.55. The average molecular weight is 352 g/mol. The topological polar surface area (TPSA) is 43.1 Å². The van der Waals surface area contributed by atoms with E-state index < -0.39 is 10.8 Å². The predicted octanol–water partition coefficient (Wildman–Crippen LogP) is 3.87. The van der Waals surface area contributed by atoms with Gasteiger partial charge in [-0.05, 0) is 49.2 Å². The van der Waals surface area contributed by atoms with E-state index in [1.54, 1.807) is 0 Å². The second kappa shape index (κ2) is 6.66. The normalized spacial score (nSPS) is 14.0. The van der Waals surface area contributed by atoms with Gasteiger partial charge in [-0.2, -0.15) is 0 Å². The van der Waals surface area contributed by atoms with Crippen molar-refractivity contribution in [1.29, 1.82) is 0 Å². The molecule has 0 radical (unpaired) electrons. The number of hydrogen-bond acceptors (Lipinski definition) is 2. The van der Waals surface area contributed by atoms with Crippen molar-refractivity contribution < 1.29 is 4.21 Å². The molecule has 0 fully saturated rings. The van der Waals surface area contributed by atoms with Crippen molar-refractivity contribution in [1.82, 2.24) is 0 Å². The van der Waals surface area contributed by atoms with E-state index in [1.807, 2.05) is 38.1 Å². The highest BCUT2D eigenvalue weighted by molar-refractivity contribution is 9.10. The number of benzene rings is 2. The van der Waals surface area contributed by atoms with E-state index in [0.29, 0.717) is 5.75 Å². The molecule has 0 spiro atoms. The molecule has 0 saturated carbocycles. The van der Waals surface area contributed by atoms with Gasteiger partial charge in [0.2, 0.25) is 0 Å². The molecule has 0 bridgehead atoms. The summed E-state index contributed by atoms with van der Waals surface area (Å²) >= 11 is 3.38. The molecule has 0 heterocycles. The molecule has 106 valence electrons. The molecule has 2 aromatic rings. The van der Waals surface area contributed by atoms with Gasteiger partial charge in [0, 0.05) is 21.2 Å². The highest BCUT2D eigenvalue weighted by Gasteiger charge is 2.14. The largest absolute Gasteiger partial charge is 0.323 e. The summed E-state index contributed by atoms with van der Waals surface area (Å²) in [4.78, 5) is 0.814. The van der Waals surface area contributed by atoms with Crippen LogP contribution < -0.4 is 5.73 Å². The molecular formula is C16H18BrNOS. The van der Waals surface area contributed by atoms with Crippen LogP contribution in [-0.4, -0.2) is 9.96 Å². The quantitative estimate of drug-likeness (QED) is 0.908. The van der Waals surface area contributed by atoms with Gasteiger partial charge in [-0.1, -0.05) is 39.7 Å². The van der Waals surface area contributed by atoms with Crippen LogP contribution in [0.1, 0.15) is 22.7 Å². The van der Waals surface area contributed by atoms with Gasteiger partial charge in [0.15, 0.2) is 0 Å². The highest BCUT2D eigenvalue weighted by Crippen LogP contribution is 2.21. The Morgan fingerprint density at radius 3 is 2.45 bits per heavy atom. The Morgan fingerprint density at radius 2 is 1.80 bits per heavy atom. The maximum Gasteiger partial charge on any atom is 0.0548 e. The van der Waals surface area contributed by atoms with Crippen LogP contribution in [0.15, 0.2) is 51.8 Å². The summed E-state index contributed by atoms with van der Waals surface area (Å²) in [6.45, 7) is 4.08. The van der Waals surface area contributed by atoms with Gasteiger partial charge in [0.05, 0.1) is 10.8 Å². The van der Waals surface area contributed by atoms with Gasteiger partial charge >= 0.3 is 0 Å². The van der Waals surface area contributed by atoms with Crippen LogP contribution in [0.3, 0.4) is 0 Å². The van der Waals surface area contributed by atoms with Crippen molar-refractivity contribution >= 4 is 26.7 Å². The highest BCUT2D eigenvalue weighted by atomic mass is 79.9. The minimum absolute atomic E-state index is 0.209. The SMILES string of the molecule is Cc1ccc(C)c(C(N)CS(=O)c2ccc(Br)cc2)c1. The molecule has 2 unspecified atom stereocenters. The molecule has 0 saturated heterocycles. The first-order chi connectivity index (χ1) is 9.47. The van der Waals surface area contributed by atoms with Crippen LogP contribution in [0.5, 0.6) is 0 Å². The Morgan fingerprint density at radius 1 is 1.15 bits per heavy atom. The number of rotatable bonds is 4. The zero-order valence-electron chi connectivity index (χ0n) is 11.6. The van der Waals surface area contributed by atoms with Crippen molar-refractivity contribution in [2.45, 2.75) is 24.8 Å². The van der Waals surface area contributed by atoms with E-state index in [1.165, 1.54) is 5.56 Å². The molecule has 2 rings (SSSR count). The summed E-state index contributed by atoms with van der Waals surface area (Å²) in [5, 5.41) is 0. The number of halogens is 1. The average Bonchev–Trinajstić information content (AvgIpc) is 2.42. The molecule has 0 aliphatic heterocycles. The number of aryl methyl sites for hydroxylation is 2. The van der Waals surface area contributed by atoms with Crippen molar-refractivity contribution in [2.24, 2.45) is 5.73 Å². The molecule has 0 amide bonds. The predicted molar refractivity (Wildman–Crippen MR) is 88.3 cm³/mol. The Kier molecular flexibility index (Phi) is 5.13. The molecule has 2 atom stereocenters. The Hall–Kier alpha value is -0.970. The maximum absolute atomic E-state index is 12.4. The summed E-state index contributed by atoms with van der Waals surface area (Å²) in [7, 11) is -1.08. The minimum Gasteiger partial charge on any atom is -0.323 e. The van der Waals surface area contributed by atoms with Gasteiger partial charge in [0.25, 0.3) is 0 Å². The minimum atomic E-state index is -1.08. The molecule has 20 heavy (non-hydrogen) atoms. The molecule has 0 aliphatic rings. The van der Waals surface area contributed by atoms with Crippen LogP contribution in [0.4, 0.5) is 0 Å². The molecule has 2 nitrogen and oxygen atoms in total. The summed E-state index contributed by atoms with van der Waals surface area (Å²) in [5.41, 5.74) is 9.64. The lowest BCUT2D eigenvalue weighted by atomic mass is 10.0. The van der Waals surface area contributed by atoms with Crippen LogP contribution in [0, 0.1) is 13.8 Å². The summed E-state index contributed by atoms with van der Waals surface area (Å²) < 4.78 is 13.3. The van der Waals surface area contributed by atoms with Crippen LogP contribution in [0.2, 0.25) is 0 Å². The second-order valence-electron chi connectivity index (χ2n) is 4.93. The fourth-order valence-electron chi connectivity index (χ4n) is 2.09. The molecule has 0 aromatic heterocycles. The van der Waals surface area contributed by atoms with Crippen LogP contribution in [0.25, 0.3) is 0 Å². The Labute approximate surface area is 131 Å². The smallest absolute Gasteiger partial charge is 0.0548 e. The molecule has 0 aliphatic carbocycles. The Bertz CT molecular complexity index is 625. The fourth-order valence-corrected chi connectivity index (χ4v) is 3.50. The zero-order chi connectivity index (χ0) is 14.7. The van der Waals surface area contributed by atoms with E-state index in [9.17, 15) is 4.21 Å². The van der Waals surface area contributed by atoms with Crippen molar-refractivity contribution in [3.63, 3.8) is 0 Å². The van der Waals surface area contributed by atoms with Gasteiger partial charge in [0.1, 0.15) is 0 Å². The van der Waals surface area contributed by atoms with Gasteiger partial charge in [-0.15, -0.1) is 0 Å². The first-order valence-electron chi connectivity index (χ1n) is 6.44. The van der Waals surface area contributed by atoms with Gasteiger partial charge < -0.3 is 5.73 Å². The van der Waals surface area contributed by atoms with Crippen molar-refractivity contribution in [2.75, 3.05) is 5.75 Å². The molecule has 2 aromatic carbocycles. The summed E-state index contributed by atoms with van der Waals surface area (Å²) in [6, 6.07) is 13.5. The number of nitrogens with two attached hydrogens (primary N) is 1. The van der Waals surface area contributed by atoms with E-state index in [-0.39, 0.29) is 6.04 Å². The van der Waals surface area contributed by atoms with E-state index in [2.05, 4.69) is 34.1 Å². The first kappa shape index (κ1) is 15.4. The van der Waals surface area contributed by atoms with Crippen LogP contribution in [-0.2, 0) is 10.8 Å². The standard InChI is InChI=1S/C16H18BrNOS/c1-11-3-4-12(2)15(9-11)16(18)10-20(19)14-7-5-13(17)6-8-14/h3-9,16H,10,18H2,1-2H3. The van der Waals surface area contributed by atoms with E-state index in [0.717, 1.165) is 20.5 Å². The lowest BCUT2D eigenvalue weighted by Crippen LogP contribution is -2.19. The second-order valence-corrected chi connectivity index (χ2v) is 7.34. The van der Waals surface area contributed by atoms with E-state index >= 15 is 0 Å². The summed E-state index contributed by atoms with van der Waals surface area (Å²) in [5.74, 6) is 0.436. The Balaban J connectivity index is 2.15. The van der Waals surface area contributed by atoms with Gasteiger partial charge in [-0.3, -0.25) is 4.21 Å². The maximum atomic E-state index is 12.4. The molecule has 4 heteroatoms. The fraction of sp³-hybridized carbons (Fsp3) is 0.250. The van der Waals surface area contributed by atoms with E-state index in [4.69, 9.17) is 5.73 Å². The lowest BCUT2D eigenvalue weighted by molar-refractivity contribution is 0.675.